The first kappa shape index (κ1) is 20.8. The summed E-state index contributed by atoms with van der Waals surface area (Å²) in [6.07, 6.45) is 4.42. The molecule has 3 aromatic rings. The summed E-state index contributed by atoms with van der Waals surface area (Å²) in [5.41, 5.74) is 4.48. The first-order chi connectivity index (χ1) is 15.8. The average Bonchev–Trinajstić information content (AvgIpc) is 3.54. The predicted octanol–water partition coefficient (Wildman–Crippen LogP) is 3.78. The minimum absolute atomic E-state index is 0.317. The lowest BCUT2D eigenvalue weighted by atomic mass is 10.0. The summed E-state index contributed by atoms with van der Waals surface area (Å²) in [7, 11) is 1.72. The van der Waals surface area contributed by atoms with Gasteiger partial charge in [0.15, 0.2) is 11.5 Å². The molecule has 1 saturated heterocycles. The Morgan fingerprint density at radius 2 is 1.94 bits per heavy atom. The molecule has 2 aliphatic rings. The van der Waals surface area contributed by atoms with Crippen molar-refractivity contribution >= 4 is 0 Å². The van der Waals surface area contributed by atoms with E-state index in [0.717, 1.165) is 60.2 Å². The maximum Gasteiger partial charge on any atom is 0.162 e. The Kier molecular flexibility index (Phi) is 6.27. The fourth-order valence-corrected chi connectivity index (χ4v) is 4.60. The zero-order valence-electron chi connectivity index (χ0n) is 18.5. The molecule has 0 aliphatic carbocycles. The summed E-state index contributed by atoms with van der Waals surface area (Å²) in [4.78, 5) is 2.57. The fraction of sp³-hybridized carbons (Fsp3) is 0.400. The number of H-pyrrole nitrogens is 1. The van der Waals surface area contributed by atoms with Gasteiger partial charge in [0.1, 0.15) is 19.0 Å². The van der Waals surface area contributed by atoms with Gasteiger partial charge in [0.25, 0.3) is 0 Å². The van der Waals surface area contributed by atoms with Crippen LogP contribution in [0.5, 0.6) is 17.2 Å². The summed E-state index contributed by atoms with van der Waals surface area (Å²) in [6.45, 7) is 5.04. The Morgan fingerprint density at radius 1 is 1.09 bits per heavy atom. The van der Waals surface area contributed by atoms with Crippen LogP contribution >= 0.6 is 0 Å². The third-order valence-corrected chi connectivity index (χ3v) is 6.26. The molecule has 7 nitrogen and oxygen atoms in total. The zero-order valence-corrected chi connectivity index (χ0v) is 18.5. The average molecular weight is 435 g/mol. The van der Waals surface area contributed by atoms with Crippen molar-refractivity contribution in [1.29, 1.82) is 0 Å². The van der Waals surface area contributed by atoms with Crippen LogP contribution in [0.1, 0.15) is 30.0 Å². The van der Waals surface area contributed by atoms with E-state index in [1.54, 1.807) is 7.11 Å². The van der Waals surface area contributed by atoms with Crippen LogP contribution in [0, 0.1) is 0 Å². The summed E-state index contributed by atoms with van der Waals surface area (Å²) in [5.74, 6) is 2.49. The van der Waals surface area contributed by atoms with Crippen LogP contribution in [0.25, 0.3) is 11.3 Å². The van der Waals surface area contributed by atoms with E-state index in [2.05, 4.69) is 38.6 Å². The summed E-state index contributed by atoms with van der Waals surface area (Å²) in [5, 5.41) is 11.1. The van der Waals surface area contributed by atoms with Crippen molar-refractivity contribution in [3.8, 4) is 28.5 Å². The molecule has 168 valence electrons. The highest BCUT2D eigenvalue weighted by molar-refractivity contribution is 5.66. The van der Waals surface area contributed by atoms with Gasteiger partial charge in [-0.05, 0) is 61.8 Å². The summed E-state index contributed by atoms with van der Waals surface area (Å²) >= 11 is 0. The van der Waals surface area contributed by atoms with Crippen LogP contribution < -0.4 is 19.5 Å². The maximum absolute atomic E-state index is 5.75. The smallest absolute Gasteiger partial charge is 0.162 e. The highest BCUT2D eigenvalue weighted by Crippen LogP contribution is 2.35. The quantitative estimate of drug-likeness (QED) is 0.562. The van der Waals surface area contributed by atoms with E-state index in [0.29, 0.717) is 19.3 Å². The van der Waals surface area contributed by atoms with Gasteiger partial charge in [0.2, 0.25) is 0 Å². The Hall–Kier alpha value is -3.03. The first-order valence-corrected chi connectivity index (χ1v) is 11.3. The SMILES string of the molecule is COc1cccc(C(CNCc2cn[nH]c2-c2ccc3c(c2)OCCO3)N2CCCC2)c1. The number of aromatic nitrogens is 2. The highest BCUT2D eigenvalue weighted by Gasteiger charge is 2.24. The van der Waals surface area contributed by atoms with Crippen molar-refractivity contribution in [3.63, 3.8) is 0 Å². The van der Waals surface area contributed by atoms with Crippen LogP contribution in [0.15, 0.2) is 48.7 Å². The first-order valence-electron chi connectivity index (χ1n) is 11.3. The van der Waals surface area contributed by atoms with E-state index in [4.69, 9.17) is 14.2 Å². The van der Waals surface area contributed by atoms with Crippen LogP contribution in [-0.4, -0.2) is 55.1 Å². The zero-order chi connectivity index (χ0) is 21.8. The molecule has 0 radical (unpaired) electrons. The van der Waals surface area contributed by atoms with Crippen molar-refractivity contribution in [3.05, 3.63) is 59.8 Å². The number of nitrogens with one attached hydrogen (secondary N) is 2. The number of ether oxygens (including phenoxy) is 3. The van der Waals surface area contributed by atoms with Crippen molar-refractivity contribution < 1.29 is 14.2 Å². The summed E-state index contributed by atoms with van der Waals surface area (Å²) in [6, 6.07) is 14.8. The lowest BCUT2D eigenvalue weighted by molar-refractivity contribution is 0.171. The van der Waals surface area contributed by atoms with Crippen molar-refractivity contribution in [1.82, 2.24) is 20.4 Å². The standard InChI is InChI=1S/C25H30N4O3/c1-30-21-6-4-5-18(13-21)22(29-9-2-3-10-29)17-26-15-20-16-27-28-25(20)19-7-8-23-24(14-19)32-12-11-31-23/h4-8,13-14,16,22,26H,2-3,9-12,15,17H2,1H3,(H,27,28). The van der Waals surface area contributed by atoms with Gasteiger partial charge in [0.05, 0.1) is 19.0 Å². The number of benzene rings is 2. The molecule has 1 aromatic heterocycles. The number of rotatable bonds is 8. The Morgan fingerprint density at radius 3 is 2.78 bits per heavy atom. The second-order valence-corrected chi connectivity index (χ2v) is 8.30. The minimum Gasteiger partial charge on any atom is -0.497 e. The topological polar surface area (TPSA) is 71.6 Å². The molecular weight excluding hydrogens is 404 g/mol. The molecule has 1 unspecified atom stereocenters. The number of methoxy groups -OCH3 is 1. The summed E-state index contributed by atoms with van der Waals surface area (Å²) < 4.78 is 16.9. The maximum atomic E-state index is 5.75. The van der Waals surface area contributed by atoms with E-state index in [-0.39, 0.29) is 0 Å². The molecule has 3 heterocycles. The van der Waals surface area contributed by atoms with E-state index in [9.17, 15) is 0 Å². The van der Waals surface area contributed by atoms with E-state index < -0.39 is 0 Å². The van der Waals surface area contributed by atoms with Gasteiger partial charge in [-0.15, -0.1) is 0 Å². The second-order valence-electron chi connectivity index (χ2n) is 8.30. The molecule has 7 heteroatoms. The number of nitrogens with zero attached hydrogens (tertiary/aromatic N) is 2. The number of hydrogen-bond donors (Lipinski definition) is 2. The van der Waals surface area contributed by atoms with Crippen molar-refractivity contribution in [2.75, 3.05) is 40.0 Å². The largest absolute Gasteiger partial charge is 0.497 e. The van der Waals surface area contributed by atoms with Crippen molar-refractivity contribution in [2.24, 2.45) is 0 Å². The molecule has 5 rings (SSSR count). The van der Waals surface area contributed by atoms with Gasteiger partial charge >= 0.3 is 0 Å². The van der Waals surface area contributed by atoms with E-state index in [1.807, 2.05) is 30.5 Å². The number of hydrogen-bond acceptors (Lipinski definition) is 6. The molecule has 2 N–H and O–H groups in total. The Labute approximate surface area is 188 Å². The molecule has 0 saturated carbocycles. The highest BCUT2D eigenvalue weighted by atomic mass is 16.6. The number of likely N-dealkylation sites (tertiary alicyclic amines) is 1. The van der Waals surface area contributed by atoms with E-state index >= 15 is 0 Å². The Bertz CT molecular complexity index is 1050. The molecule has 2 aromatic carbocycles. The molecule has 0 spiro atoms. The molecule has 2 aliphatic heterocycles. The molecule has 0 bridgehead atoms. The molecular formula is C25H30N4O3. The van der Waals surface area contributed by atoms with Gasteiger partial charge < -0.3 is 19.5 Å². The molecule has 1 atom stereocenters. The molecule has 1 fully saturated rings. The Balaban J connectivity index is 1.29. The van der Waals surface area contributed by atoms with Crippen LogP contribution in [0.4, 0.5) is 0 Å². The van der Waals surface area contributed by atoms with Gasteiger partial charge in [-0.1, -0.05) is 12.1 Å². The third kappa shape index (κ3) is 4.45. The lowest BCUT2D eigenvalue weighted by Gasteiger charge is -2.28. The monoisotopic (exact) mass is 434 g/mol. The van der Waals surface area contributed by atoms with Crippen LogP contribution in [0.3, 0.4) is 0 Å². The minimum atomic E-state index is 0.317. The third-order valence-electron chi connectivity index (χ3n) is 6.26. The predicted molar refractivity (Wildman–Crippen MR) is 123 cm³/mol. The van der Waals surface area contributed by atoms with E-state index in [1.165, 1.54) is 18.4 Å². The van der Waals surface area contributed by atoms with Crippen molar-refractivity contribution in [2.45, 2.75) is 25.4 Å². The van der Waals surface area contributed by atoms with Crippen LogP contribution in [-0.2, 0) is 6.54 Å². The molecule has 32 heavy (non-hydrogen) atoms. The van der Waals surface area contributed by atoms with Gasteiger partial charge in [-0.2, -0.15) is 5.10 Å². The molecule has 0 amide bonds. The normalized spacial score (nSPS) is 16.8. The number of fused-ring (bicyclic) bond motifs is 1. The fourth-order valence-electron chi connectivity index (χ4n) is 4.60. The number of aromatic amines is 1. The lowest BCUT2D eigenvalue weighted by Crippen LogP contribution is -2.34. The van der Waals surface area contributed by atoms with Crippen LogP contribution in [0.2, 0.25) is 0 Å². The second kappa shape index (κ2) is 9.63. The van der Waals surface area contributed by atoms with Gasteiger partial charge in [-0.3, -0.25) is 10.00 Å². The van der Waals surface area contributed by atoms with Gasteiger partial charge in [0, 0.05) is 30.3 Å². The van der Waals surface area contributed by atoms with Gasteiger partial charge in [-0.25, -0.2) is 0 Å².